The minimum Gasteiger partial charge on any atom is -0.375 e. The Hall–Kier alpha value is -0.370. The van der Waals surface area contributed by atoms with Crippen LogP contribution in [-0.2, 0) is 19.6 Å². The van der Waals surface area contributed by atoms with Crippen LogP contribution in [0.15, 0.2) is 0 Å². The molecule has 0 unspecified atom stereocenters. The molecule has 1 aliphatic heterocycles. The predicted octanol–water partition coefficient (Wildman–Crippen LogP) is 0.562. The summed E-state index contributed by atoms with van der Waals surface area (Å²) in [6, 6.07) is -0.0809. The highest BCUT2D eigenvalue weighted by atomic mass is 35.5. The first-order valence-electron chi connectivity index (χ1n) is 6.81. The fourth-order valence-electron chi connectivity index (χ4n) is 2.16. The summed E-state index contributed by atoms with van der Waals surface area (Å²) in [6.45, 7) is 1.21. The SMILES string of the molecule is COCC(=O)N1CCC(NS(=O)(=O)CCCCCl)CC1. The number of likely N-dealkylation sites (tertiary alicyclic amines) is 1. The van der Waals surface area contributed by atoms with Gasteiger partial charge in [-0.2, -0.15) is 0 Å². The van der Waals surface area contributed by atoms with Gasteiger partial charge in [-0.1, -0.05) is 0 Å². The van der Waals surface area contributed by atoms with E-state index in [2.05, 4.69) is 4.72 Å². The Labute approximate surface area is 125 Å². The van der Waals surface area contributed by atoms with Gasteiger partial charge in [0, 0.05) is 32.1 Å². The van der Waals surface area contributed by atoms with Crippen molar-refractivity contribution in [2.75, 3.05) is 38.4 Å². The van der Waals surface area contributed by atoms with Crippen LogP contribution in [0.25, 0.3) is 0 Å². The van der Waals surface area contributed by atoms with E-state index in [0.717, 1.165) is 0 Å². The first-order valence-corrected chi connectivity index (χ1v) is 9.00. The number of carbonyl (C=O) groups is 1. The highest BCUT2D eigenvalue weighted by Crippen LogP contribution is 2.12. The maximum Gasteiger partial charge on any atom is 0.248 e. The monoisotopic (exact) mass is 326 g/mol. The van der Waals surface area contributed by atoms with Crippen LogP contribution < -0.4 is 4.72 Å². The molecule has 0 spiro atoms. The van der Waals surface area contributed by atoms with Crippen molar-refractivity contribution in [2.24, 2.45) is 0 Å². The minimum absolute atomic E-state index is 0.0454. The molecule has 1 rings (SSSR count). The summed E-state index contributed by atoms with van der Waals surface area (Å²) < 4.78 is 31.2. The van der Waals surface area contributed by atoms with Gasteiger partial charge in [-0.05, 0) is 25.7 Å². The second-order valence-electron chi connectivity index (χ2n) is 4.92. The van der Waals surface area contributed by atoms with Crippen LogP contribution in [0.5, 0.6) is 0 Å². The number of amides is 1. The number of carbonyl (C=O) groups excluding carboxylic acids is 1. The van der Waals surface area contributed by atoms with Crippen LogP contribution in [0.2, 0.25) is 0 Å². The van der Waals surface area contributed by atoms with Gasteiger partial charge in [0.05, 0.1) is 5.75 Å². The number of alkyl halides is 1. The zero-order chi connectivity index (χ0) is 15.0. The summed E-state index contributed by atoms with van der Waals surface area (Å²) in [5, 5.41) is 0. The molecule has 8 heteroatoms. The Morgan fingerprint density at radius 1 is 1.35 bits per heavy atom. The van der Waals surface area contributed by atoms with Crippen LogP contribution in [0.3, 0.4) is 0 Å². The summed E-state index contributed by atoms with van der Waals surface area (Å²) in [5.41, 5.74) is 0. The molecule has 0 radical (unpaired) electrons. The van der Waals surface area contributed by atoms with Gasteiger partial charge in [-0.15, -0.1) is 11.6 Å². The Bertz CT molecular complexity index is 394. The number of rotatable bonds is 8. The maximum atomic E-state index is 11.8. The Morgan fingerprint density at radius 2 is 2.00 bits per heavy atom. The van der Waals surface area contributed by atoms with Gasteiger partial charge >= 0.3 is 0 Å². The number of ether oxygens (including phenoxy) is 1. The first kappa shape index (κ1) is 17.7. The number of methoxy groups -OCH3 is 1. The van der Waals surface area contributed by atoms with E-state index in [1.807, 2.05) is 0 Å². The fraction of sp³-hybridized carbons (Fsp3) is 0.917. The third-order valence-corrected chi connectivity index (χ3v) is 5.04. The molecule has 0 aliphatic carbocycles. The maximum absolute atomic E-state index is 11.8. The largest absolute Gasteiger partial charge is 0.375 e. The van der Waals surface area contributed by atoms with E-state index in [-0.39, 0.29) is 24.3 Å². The van der Waals surface area contributed by atoms with E-state index in [9.17, 15) is 13.2 Å². The third-order valence-electron chi connectivity index (χ3n) is 3.26. The summed E-state index contributed by atoms with van der Waals surface area (Å²) in [5.74, 6) is 0.550. The number of sulfonamides is 1. The second-order valence-corrected chi connectivity index (χ2v) is 7.17. The molecule has 118 valence electrons. The van der Waals surface area contributed by atoms with Crippen molar-refractivity contribution in [1.82, 2.24) is 9.62 Å². The molecule has 0 aromatic rings. The van der Waals surface area contributed by atoms with Crippen LogP contribution >= 0.6 is 11.6 Å². The van der Waals surface area contributed by atoms with Gasteiger partial charge in [-0.3, -0.25) is 4.79 Å². The van der Waals surface area contributed by atoms with E-state index >= 15 is 0 Å². The second kappa shape index (κ2) is 8.81. The number of halogens is 1. The van der Waals surface area contributed by atoms with Crippen molar-refractivity contribution >= 4 is 27.5 Å². The third kappa shape index (κ3) is 6.39. The van der Waals surface area contributed by atoms with E-state index in [0.29, 0.717) is 44.7 Å². The smallest absolute Gasteiger partial charge is 0.248 e. The lowest BCUT2D eigenvalue weighted by Crippen LogP contribution is -2.47. The van der Waals surface area contributed by atoms with Crippen molar-refractivity contribution in [3.05, 3.63) is 0 Å². The van der Waals surface area contributed by atoms with Gasteiger partial charge in [0.1, 0.15) is 6.61 Å². The molecule has 0 aromatic heterocycles. The zero-order valence-electron chi connectivity index (χ0n) is 11.8. The number of nitrogens with one attached hydrogen (secondary N) is 1. The lowest BCUT2D eigenvalue weighted by atomic mass is 10.1. The van der Waals surface area contributed by atoms with E-state index in [1.165, 1.54) is 7.11 Å². The number of hydrogen-bond acceptors (Lipinski definition) is 4. The van der Waals surface area contributed by atoms with Gasteiger partial charge in [0.15, 0.2) is 0 Å². The molecule has 1 heterocycles. The van der Waals surface area contributed by atoms with Crippen molar-refractivity contribution < 1.29 is 17.9 Å². The number of hydrogen-bond donors (Lipinski definition) is 1. The molecule has 1 fully saturated rings. The molecule has 6 nitrogen and oxygen atoms in total. The zero-order valence-corrected chi connectivity index (χ0v) is 13.4. The van der Waals surface area contributed by atoms with E-state index < -0.39 is 10.0 Å². The van der Waals surface area contributed by atoms with Crippen LogP contribution in [0.1, 0.15) is 25.7 Å². The summed E-state index contributed by atoms with van der Waals surface area (Å²) in [4.78, 5) is 13.3. The lowest BCUT2D eigenvalue weighted by molar-refractivity contribution is -0.136. The first-order chi connectivity index (χ1) is 9.48. The van der Waals surface area contributed by atoms with Crippen LogP contribution in [-0.4, -0.2) is 63.7 Å². The van der Waals surface area contributed by atoms with Gasteiger partial charge in [-0.25, -0.2) is 13.1 Å². The normalized spacial score (nSPS) is 17.4. The Morgan fingerprint density at radius 3 is 2.55 bits per heavy atom. The molecular formula is C12H23ClN2O4S. The van der Waals surface area contributed by atoms with Gasteiger partial charge < -0.3 is 9.64 Å². The summed E-state index contributed by atoms with van der Waals surface area (Å²) in [7, 11) is -1.75. The molecule has 0 bridgehead atoms. The molecule has 1 amide bonds. The number of nitrogens with zero attached hydrogens (tertiary/aromatic N) is 1. The minimum atomic E-state index is -3.24. The molecule has 20 heavy (non-hydrogen) atoms. The quantitative estimate of drug-likeness (QED) is 0.522. The fourth-order valence-corrected chi connectivity index (χ4v) is 3.80. The molecular weight excluding hydrogens is 304 g/mol. The molecule has 0 atom stereocenters. The molecule has 0 saturated carbocycles. The predicted molar refractivity (Wildman–Crippen MR) is 78.4 cm³/mol. The molecule has 0 aromatic carbocycles. The van der Waals surface area contributed by atoms with Gasteiger partial charge in [0.25, 0.3) is 0 Å². The average Bonchev–Trinajstić information content (AvgIpc) is 2.39. The van der Waals surface area contributed by atoms with Crippen molar-refractivity contribution in [3.8, 4) is 0 Å². The summed E-state index contributed by atoms with van der Waals surface area (Å²) in [6.07, 6.45) is 2.56. The number of unbranched alkanes of at least 4 members (excludes halogenated alkanes) is 1. The molecule has 1 saturated heterocycles. The van der Waals surface area contributed by atoms with Gasteiger partial charge in [0.2, 0.25) is 15.9 Å². The van der Waals surface area contributed by atoms with Crippen molar-refractivity contribution in [2.45, 2.75) is 31.7 Å². The number of piperidine rings is 1. The molecule has 1 aliphatic rings. The van der Waals surface area contributed by atoms with E-state index in [1.54, 1.807) is 4.90 Å². The summed E-state index contributed by atoms with van der Waals surface area (Å²) >= 11 is 5.53. The Balaban J connectivity index is 2.33. The highest BCUT2D eigenvalue weighted by molar-refractivity contribution is 7.89. The average molecular weight is 327 g/mol. The van der Waals surface area contributed by atoms with E-state index in [4.69, 9.17) is 16.3 Å². The standard InChI is InChI=1S/C12H23ClN2O4S/c1-19-10-12(16)15-7-4-11(5-8-15)14-20(17,18)9-3-2-6-13/h11,14H,2-10H2,1H3. The molecule has 1 N–H and O–H groups in total. The van der Waals surface area contributed by atoms with Crippen molar-refractivity contribution in [1.29, 1.82) is 0 Å². The highest BCUT2D eigenvalue weighted by Gasteiger charge is 2.25. The van der Waals surface area contributed by atoms with Crippen molar-refractivity contribution in [3.63, 3.8) is 0 Å². The topological polar surface area (TPSA) is 75.7 Å². The van der Waals surface area contributed by atoms with Crippen LogP contribution in [0, 0.1) is 0 Å². The lowest BCUT2D eigenvalue weighted by Gasteiger charge is -2.32. The van der Waals surface area contributed by atoms with Crippen LogP contribution in [0.4, 0.5) is 0 Å². The Kier molecular flexibility index (Phi) is 7.79.